The first-order valence-electron chi connectivity index (χ1n) is 7.35. The number of oxime groups is 1. The van der Waals surface area contributed by atoms with E-state index in [4.69, 9.17) is 4.42 Å². The molecule has 1 N–H and O–H groups in total. The van der Waals surface area contributed by atoms with Crippen LogP contribution in [0.1, 0.15) is 28.0 Å². The molecule has 3 rings (SSSR count). The molecule has 0 amide bonds. The molecule has 0 saturated heterocycles. The maximum atomic E-state index is 9.43. The van der Waals surface area contributed by atoms with Crippen molar-refractivity contribution in [3.8, 4) is 0 Å². The number of aryl methyl sites for hydroxylation is 3. The number of nitrogens with zero attached hydrogens (tertiary/aromatic N) is 1. The smallest absolute Gasteiger partial charge is 0.153 e. The number of furan rings is 1. The molecule has 1 aromatic heterocycles. The summed E-state index contributed by atoms with van der Waals surface area (Å²) in [5, 5.41) is 13.9. The van der Waals surface area contributed by atoms with Gasteiger partial charge in [0.15, 0.2) is 5.76 Å². The van der Waals surface area contributed by atoms with Crippen LogP contribution in [0.2, 0.25) is 0 Å². The Morgan fingerprint density at radius 2 is 1.73 bits per heavy atom. The lowest BCUT2D eigenvalue weighted by atomic mass is 9.95. The van der Waals surface area contributed by atoms with E-state index in [2.05, 4.69) is 38.1 Å². The van der Waals surface area contributed by atoms with Gasteiger partial charge in [-0.3, -0.25) is 0 Å². The summed E-state index contributed by atoms with van der Waals surface area (Å²) in [6, 6.07) is 14.0. The third kappa shape index (κ3) is 2.62. The van der Waals surface area contributed by atoms with Crippen molar-refractivity contribution >= 4 is 16.7 Å². The van der Waals surface area contributed by atoms with Gasteiger partial charge in [0, 0.05) is 11.8 Å². The Balaban J connectivity index is 1.99. The summed E-state index contributed by atoms with van der Waals surface area (Å²) in [5.41, 5.74) is 6.18. The highest BCUT2D eigenvalue weighted by Crippen LogP contribution is 2.23. The van der Waals surface area contributed by atoms with Crippen LogP contribution in [0.25, 0.3) is 11.0 Å². The average molecular weight is 293 g/mol. The van der Waals surface area contributed by atoms with Gasteiger partial charge in [-0.05, 0) is 49.6 Å². The van der Waals surface area contributed by atoms with Gasteiger partial charge in [-0.25, -0.2) is 0 Å². The Hall–Kier alpha value is -2.55. The molecule has 0 radical (unpaired) electrons. The van der Waals surface area contributed by atoms with Gasteiger partial charge in [0.25, 0.3) is 0 Å². The minimum atomic E-state index is 0.547. The molecule has 0 bridgehead atoms. The van der Waals surface area contributed by atoms with Crippen LogP contribution in [0.15, 0.2) is 52.0 Å². The van der Waals surface area contributed by atoms with Crippen molar-refractivity contribution in [3.63, 3.8) is 0 Å². The lowest BCUT2D eigenvalue weighted by Crippen LogP contribution is -2.07. The minimum Gasteiger partial charge on any atom is -0.455 e. The van der Waals surface area contributed by atoms with Gasteiger partial charge in [-0.1, -0.05) is 41.1 Å². The molecule has 0 spiro atoms. The minimum absolute atomic E-state index is 0.547. The van der Waals surface area contributed by atoms with Gasteiger partial charge in [-0.15, -0.1) is 0 Å². The molecule has 22 heavy (non-hydrogen) atoms. The van der Waals surface area contributed by atoms with Gasteiger partial charge in [0.05, 0.1) is 0 Å². The van der Waals surface area contributed by atoms with Crippen LogP contribution < -0.4 is 0 Å². The van der Waals surface area contributed by atoms with Crippen molar-refractivity contribution in [2.24, 2.45) is 5.16 Å². The van der Waals surface area contributed by atoms with Crippen LogP contribution in [0.3, 0.4) is 0 Å². The van der Waals surface area contributed by atoms with E-state index in [9.17, 15) is 5.21 Å². The van der Waals surface area contributed by atoms with Crippen LogP contribution in [-0.2, 0) is 6.42 Å². The van der Waals surface area contributed by atoms with Crippen molar-refractivity contribution in [2.75, 3.05) is 0 Å². The van der Waals surface area contributed by atoms with E-state index >= 15 is 0 Å². The van der Waals surface area contributed by atoms with E-state index in [0.29, 0.717) is 17.9 Å². The third-order valence-electron chi connectivity index (χ3n) is 4.02. The van der Waals surface area contributed by atoms with Gasteiger partial charge in [-0.2, -0.15) is 0 Å². The monoisotopic (exact) mass is 293 g/mol. The maximum absolute atomic E-state index is 9.43. The highest BCUT2D eigenvalue weighted by molar-refractivity contribution is 6.02. The number of fused-ring (bicyclic) bond motifs is 1. The molecule has 0 aliphatic heterocycles. The van der Waals surface area contributed by atoms with Crippen molar-refractivity contribution < 1.29 is 9.62 Å². The first kappa shape index (κ1) is 14.4. The van der Waals surface area contributed by atoms with Gasteiger partial charge in [0.1, 0.15) is 11.3 Å². The Morgan fingerprint density at radius 3 is 2.36 bits per heavy atom. The normalized spacial score (nSPS) is 12.0. The number of rotatable bonds is 3. The zero-order valence-electron chi connectivity index (χ0n) is 13.1. The largest absolute Gasteiger partial charge is 0.455 e. The molecule has 0 aliphatic rings. The first-order chi connectivity index (χ1) is 10.6. The van der Waals surface area contributed by atoms with E-state index in [0.717, 1.165) is 11.0 Å². The lowest BCUT2D eigenvalue weighted by Gasteiger charge is -2.11. The summed E-state index contributed by atoms with van der Waals surface area (Å²) < 4.78 is 5.81. The summed E-state index contributed by atoms with van der Waals surface area (Å²) in [6.07, 6.45) is 0.550. The summed E-state index contributed by atoms with van der Waals surface area (Å²) >= 11 is 0. The van der Waals surface area contributed by atoms with Gasteiger partial charge >= 0.3 is 0 Å². The fraction of sp³-hybridized carbons (Fsp3) is 0.211. The van der Waals surface area contributed by atoms with Crippen molar-refractivity contribution in [1.29, 1.82) is 0 Å². The Bertz CT molecular complexity index is 803. The van der Waals surface area contributed by atoms with Crippen molar-refractivity contribution in [3.05, 3.63) is 70.5 Å². The highest BCUT2D eigenvalue weighted by Gasteiger charge is 2.14. The fourth-order valence-corrected chi connectivity index (χ4v) is 2.95. The molecule has 3 nitrogen and oxygen atoms in total. The van der Waals surface area contributed by atoms with Gasteiger partial charge in [0.2, 0.25) is 0 Å². The summed E-state index contributed by atoms with van der Waals surface area (Å²) in [6.45, 7) is 6.26. The molecule has 2 aromatic carbocycles. The summed E-state index contributed by atoms with van der Waals surface area (Å²) in [7, 11) is 0. The highest BCUT2D eigenvalue weighted by atomic mass is 16.4. The second-order valence-corrected chi connectivity index (χ2v) is 5.75. The van der Waals surface area contributed by atoms with Crippen LogP contribution in [0, 0.1) is 20.8 Å². The SMILES string of the molecule is Cc1cc(C)c(C/C(=N\O)c2cc3ccccc3o2)c(C)c1. The van der Waals surface area contributed by atoms with E-state index in [-0.39, 0.29) is 0 Å². The van der Waals surface area contributed by atoms with Crippen molar-refractivity contribution in [1.82, 2.24) is 0 Å². The molecule has 0 fully saturated rings. The van der Waals surface area contributed by atoms with E-state index in [1.54, 1.807) is 0 Å². The van der Waals surface area contributed by atoms with Crippen LogP contribution in [0.4, 0.5) is 0 Å². The van der Waals surface area contributed by atoms with E-state index in [1.165, 1.54) is 22.3 Å². The van der Waals surface area contributed by atoms with Crippen LogP contribution in [-0.4, -0.2) is 10.9 Å². The summed E-state index contributed by atoms with van der Waals surface area (Å²) in [5.74, 6) is 0.614. The third-order valence-corrected chi connectivity index (χ3v) is 4.02. The first-order valence-corrected chi connectivity index (χ1v) is 7.35. The second-order valence-electron chi connectivity index (χ2n) is 5.75. The van der Waals surface area contributed by atoms with Crippen LogP contribution in [0.5, 0.6) is 0 Å². The molecular formula is C19H19NO2. The van der Waals surface area contributed by atoms with E-state index in [1.807, 2.05) is 30.3 Å². The number of hydrogen-bond donors (Lipinski definition) is 1. The van der Waals surface area contributed by atoms with Crippen LogP contribution >= 0.6 is 0 Å². The number of hydrogen-bond acceptors (Lipinski definition) is 3. The molecule has 0 atom stereocenters. The molecule has 0 aliphatic carbocycles. The molecule has 0 saturated carbocycles. The lowest BCUT2D eigenvalue weighted by molar-refractivity contribution is 0.317. The van der Waals surface area contributed by atoms with Gasteiger partial charge < -0.3 is 9.62 Å². The molecule has 3 heteroatoms. The molecule has 3 aromatic rings. The topological polar surface area (TPSA) is 45.7 Å². The van der Waals surface area contributed by atoms with Crippen molar-refractivity contribution in [2.45, 2.75) is 27.2 Å². The number of para-hydroxylation sites is 1. The Morgan fingerprint density at radius 1 is 1.05 bits per heavy atom. The predicted molar refractivity (Wildman–Crippen MR) is 88.9 cm³/mol. The Kier molecular flexibility index (Phi) is 3.72. The quantitative estimate of drug-likeness (QED) is 0.429. The summed E-state index contributed by atoms with van der Waals surface area (Å²) in [4.78, 5) is 0. The molecule has 1 heterocycles. The molecule has 0 unspecified atom stereocenters. The standard InChI is InChI=1S/C19H19NO2/c1-12-8-13(2)16(14(3)9-12)11-17(20-21)19-10-15-6-4-5-7-18(15)22-19/h4-10,21H,11H2,1-3H3/b20-17+. The average Bonchev–Trinajstić information content (AvgIpc) is 2.90. The fourth-order valence-electron chi connectivity index (χ4n) is 2.95. The maximum Gasteiger partial charge on any atom is 0.153 e. The zero-order chi connectivity index (χ0) is 15.7. The Labute approximate surface area is 129 Å². The molecule has 112 valence electrons. The number of benzene rings is 2. The zero-order valence-corrected chi connectivity index (χ0v) is 13.1. The predicted octanol–water partition coefficient (Wildman–Crippen LogP) is 4.78. The van der Waals surface area contributed by atoms with E-state index < -0.39 is 0 Å². The molecular weight excluding hydrogens is 274 g/mol. The second kappa shape index (κ2) is 5.68.